The van der Waals surface area contributed by atoms with Crippen molar-refractivity contribution in [2.45, 2.75) is 5.03 Å². The van der Waals surface area contributed by atoms with Crippen LogP contribution < -0.4 is 10.9 Å². The van der Waals surface area contributed by atoms with Crippen molar-refractivity contribution in [3.63, 3.8) is 0 Å². The average Bonchev–Trinajstić information content (AvgIpc) is 2.65. The van der Waals surface area contributed by atoms with Crippen LogP contribution in [0.1, 0.15) is 0 Å². The Kier molecular flexibility index (Phi) is 5.78. The number of carbonyl (C=O) groups excluding carboxylic acids is 1. The molecular formula is C18H11F4N3O2S. The molecule has 0 fully saturated rings. The Hall–Kier alpha value is -3.14. The summed E-state index contributed by atoms with van der Waals surface area (Å²) in [4.78, 5) is 28.3. The Balaban J connectivity index is 1.73. The number of hydrogen-bond acceptors (Lipinski definition) is 4. The lowest BCUT2D eigenvalue weighted by Gasteiger charge is -2.08. The van der Waals surface area contributed by atoms with Crippen molar-refractivity contribution < 1.29 is 22.4 Å². The molecule has 28 heavy (non-hydrogen) atoms. The Morgan fingerprint density at radius 3 is 2.54 bits per heavy atom. The van der Waals surface area contributed by atoms with Gasteiger partial charge in [0.25, 0.3) is 5.56 Å². The molecule has 1 heterocycles. The molecule has 3 rings (SSSR count). The van der Waals surface area contributed by atoms with Crippen LogP contribution in [0.15, 0.2) is 58.6 Å². The van der Waals surface area contributed by atoms with Gasteiger partial charge in [0, 0.05) is 24.5 Å². The van der Waals surface area contributed by atoms with Gasteiger partial charge < -0.3 is 5.32 Å². The zero-order chi connectivity index (χ0) is 20.3. The number of carbonyl (C=O) groups is 1. The lowest BCUT2D eigenvalue weighted by molar-refractivity contribution is -0.113. The number of rotatable bonds is 5. The van der Waals surface area contributed by atoms with Crippen LogP contribution >= 0.6 is 11.8 Å². The Labute approximate surface area is 160 Å². The summed E-state index contributed by atoms with van der Waals surface area (Å²) in [6.45, 7) is 0. The Bertz CT molecular complexity index is 1100. The fourth-order valence-corrected chi connectivity index (χ4v) is 2.94. The van der Waals surface area contributed by atoms with Crippen LogP contribution in [0.2, 0.25) is 0 Å². The topological polar surface area (TPSA) is 64.0 Å². The van der Waals surface area contributed by atoms with Gasteiger partial charge in [-0.05, 0) is 24.3 Å². The minimum atomic E-state index is -1.11. The highest BCUT2D eigenvalue weighted by Crippen LogP contribution is 2.17. The lowest BCUT2D eigenvalue weighted by atomic mass is 10.3. The molecule has 144 valence electrons. The van der Waals surface area contributed by atoms with Crippen LogP contribution in [-0.4, -0.2) is 21.2 Å². The third-order valence-corrected chi connectivity index (χ3v) is 4.50. The maximum Gasteiger partial charge on any atom is 0.287 e. The molecule has 0 aliphatic heterocycles. The fraction of sp³-hybridized carbons (Fsp3) is 0.0556. The first-order valence-corrected chi connectivity index (χ1v) is 8.74. The average molecular weight is 409 g/mol. The van der Waals surface area contributed by atoms with E-state index in [2.05, 4.69) is 10.3 Å². The first-order chi connectivity index (χ1) is 13.3. The SMILES string of the molecule is O=C(CSc1nccn(-c2ccc(F)c(F)c2)c1=O)Nc1ccc(F)cc1F. The third-order valence-electron chi connectivity index (χ3n) is 3.54. The van der Waals surface area contributed by atoms with Crippen LogP contribution in [0.25, 0.3) is 5.69 Å². The largest absolute Gasteiger partial charge is 0.323 e. The van der Waals surface area contributed by atoms with E-state index in [1.54, 1.807) is 0 Å². The van der Waals surface area contributed by atoms with Crippen LogP contribution in [0.5, 0.6) is 0 Å². The predicted octanol–water partition coefficient (Wildman–Crippen LogP) is 3.52. The van der Waals surface area contributed by atoms with Crippen molar-refractivity contribution >= 4 is 23.4 Å². The second-order valence-electron chi connectivity index (χ2n) is 5.47. The highest BCUT2D eigenvalue weighted by atomic mass is 32.2. The smallest absolute Gasteiger partial charge is 0.287 e. The van der Waals surface area contributed by atoms with Gasteiger partial charge in [-0.3, -0.25) is 14.2 Å². The molecule has 0 radical (unpaired) electrons. The maximum absolute atomic E-state index is 13.6. The van der Waals surface area contributed by atoms with E-state index >= 15 is 0 Å². The van der Waals surface area contributed by atoms with Crippen molar-refractivity contribution in [1.82, 2.24) is 9.55 Å². The van der Waals surface area contributed by atoms with Gasteiger partial charge in [-0.1, -0.05) is 11.8 Å². The van der Waals surface area contributed by atoms with Crippen LogP contribution in [0, 0.1) is 23.3 Å². The quantitative estimate of drug-likeness (QED) is 0.517. The number of thioether (sulfide) groups is 1. The van der Waals surface area contributed by atoms with E-state index in [9.17, 15) is 27.2 Å². The summed E-state index contributed by atoms with van der Waals surface area (Å²) in [7, 11) is 0. The summed E-state index contributed by atoms with van der Waals surface area (Å²) in [5, 5.41) is 2.19. The molecule has 1 N–H and O–H groups in total. The molecule has 1 aromatic heterocycles. The van der Waals surface area contributed by atoms with Crippen molar-refractivity contribution in [2.24, 2.45) is 0 Å². The summed E-state index contributed by atoms with van der Waals surface area (Å²) >= 11 is 0.779. The van der Waals surface area contributed by atoms with Gasteiger partial charge in [0.05, 0.1) is 17.1 Å². The summed E-state index contributed by atoms with van der Waals surface area (Å²) < 4.78 is 53.9. The number of nitrogens with zero attached hydrogens (tertiary/aromatic N) is 2. The van der Waals surface area contributed by atoms with Crippen molar-refractivity contribution in [3.05, 3.63) is 82.4 Å². The molecule has 0 saturated carbocycles. The molecule has 0 spiro atoms. The number of hydrogen-bond donors (Lipinski definition) is 1. The third kappa shape index (κ3) is 4.39. The number of nitrogens with one attached hydrogen (secondary N) is 1. The maximum atomic E-state index is 13.6. The molecule has 0 atom stereocenters. The molecule has 10 heteroatoms. The molecule has 5 nitrogen and oxygen atoms in total. The van der Waals surface area contributed by atoms with E-state index < -0.39 is 34.7 Å². The Morgan fingerprint density at radius 1 is 1.04 bits per heavy atom. The summed E-state index contributed by atoms with van der Waals surface area (Å²) in [6, 6.07) is 5.65. The van der Waals surface area contributed by atoms with E-state index in [1.165, 1.54) is 18.5 Å². The van der Waals surface area contributed by atoms with Gasteiger partial charge in [0.15, 0.2) is 16.7 Å². The van der Waals surface area contributed by atoms with Crippen molar-refractivity contribution in [2.75, 3.05) is 11.1 Å². The van der Waals surface area contributed by atoms with Gasteiger partial charge in [-0.25, -0.2) is 22.5 Å². The normalized spacial score (nSPS) is 10.7. The predicted molar refractivity (Wildman–Crippen MR) is 95.5 cm³/mol. The molecule has 3 aromatic rings. The molecule has 0 aliphatic rings. The fourth-order valence-electron chi connectivity index (χ4n) is 2.24. The summed E-state index contributed by atoms with van der Waals surface area (Å²) in [5.41, 5.74) is -0.752. The Morgan fingerprint density at radius 2 is 1.82 bits per heavy atom. The van der Waals surface area contributed by atoms with Gasteiger partial charge >= 0.3 is 0 Å². The second kappa shape index (κ2) is 8.26. The van der Waals surface area contributed by atoms with Gasteiger partial charge in [-0.15, -0.1) is 0 Å². The number of aromatic nitrogens is 2. The standard InChI is InChI=1S/C18H11F4N3O2S/c19-10-1-4-15(14(22)7-10)24-16(26)9-28-17-18(27)25(6-5-23-17)11-2-3-12(20)13(21)8-11/h1-8H,9H2,(H,24,26). The van der Waals surface area contributed by atoms with E-state index in [1.807, 2.05) is 0 Å². The first kappa shape index (κ1) is 19.6. The molecule has 0 saturated heterocycles. The number of anilines is 1. The number of benzene rings is 2. The van der Waals surface area contributed by atoms with E-state index in [4.69, 9.17) is 0 Å². The molecular weight excluding hydrogens is 398 g/mol. The minimum absolute atomic E-state index is 0.0676. The molecule has 0 unspecified atom stereocenters. The molecule has 2 aromatic carbocycles. The van der Waals surface area contributed by atoms with Crippen LogP contribution in [0.4, 0.5) is 23.2 Å². The van der Waals surface area contributed by atoms with Crippen LogP contribution in [0.3, 0.4) is 0 Å². The number of amides is 1. The zero-order valence-corrected chi connectivity index (χ0v) is 14.8. The van der Waals surface area contributed by atoms with Crippen molar-refractivity contribution in [3.8, 4) is 5.69 Å². The number of halogens is 4. The minimum Gasteiger partial charge on any atom is -0.323 e. The van der Waals surface area contributed by atoms with Crippen molar-refractivity contribution in [1.29, 1.82) is 0 Å². The molecule has 0 bridgehead atoms. The first-order valence-electron chi connectivity index (χ1n) is 7.76. The van der Waals surface area contributed by atoms with Gasteiger partial charge in [0.2, 0.25) is 5.91 Å². The van der Waals surface area contributed by atoms with Gasteiger partial charge in [-0.2, -0.15) is 0 Å². The highest BCUT2D eigenvalue weighted by molar-refractivity contribution is 7.99. The van der Waals surface area contributed by atoms with E-state index in [-0.39, 0.29) is 22.2 Å². The zero-order valence-electron chi connectivity index (χ0n) is 14.0. The summed E-state index contributed by atoms with van der Waals surface area (Å²) in [5.74, 6) is -4.80. The molecule has 1 amide bonds. The van der Waals surface area contributed by atoms with Gasteiger partial charge in [0.1, 0.15) is 11.6 Å². The van der Waals surface area contributed by atoms with E-state index in [0.717, 1.165) is 40.6 Å². The van der Waals surface area contributed by atoms with Crippen LogP contribution in [-0.2, 0) is 4.79 Å². The second-order valence-corrected chi connectivity index (χ2v) is 6.43. The molecule has 0 aliphatic carbocycles. The van der Waals surface area contributed by atoms with E-state index in [0.29, 0.717) is 6.07 Å². The summed E-state index contributed by atoms with van der Waals surface area (Å²) in [6.07, 6.45) is 2.54. The lowest BCUT2D eigenvalue weighted by Crippen LogP contribution is -2.22. The monoisotopic (exact) mass is 409 g/mol. The highest BCUT2D eigenvalue weighted by Gasteiger charge is 2.13.